The number of rotatable bonds is 5. The molecule has 1 fully saturated rings. The Bertz CT molecular complexity index is 898. The summed E-state index contributed by atoms with van der Waals surface area (Å²) >= 11 is 0. The van der Waals surface area contributed by atoms with Crippen LogP contribution in [0, 0.1) is 13.8 Å². The Balaban J connectivity index is 1.83. The van der Waals surface area contributed by atoms with E-state index in [1.54, 1.807) is 11.2 Å². The van der Waals surface area contributed by atoms with Gasteiger partial charge in [-0.3, -0.25) is 4.79 Å². The molecule has 1 aromatic carbocycles. The Morgan fingerprint density at radius 3 is 2.72 bits per heavy atom. The molecule has 0 spiro atoms. The van der Waals surface area contributed by atoms with Crippen LogP contribution in [0.25, 0.3) is 11.0 Å². The standard InChI is InChI=1S/C19H25NO4S/c1-4-8-20(16-7-9-25(22,23)12-16)18(21)10-15-11-24-19-14(3)13(2)5-6-17(15)19/h5-6,11,16H,4,7-10,12H2,1-3H3. The molecule has 1 saturated heterocycles. The van der Waals surface area contributed by atoms with Gasteiger partial charge in [0.25, 0.3) is 0 Å². The number of carbonyl (C=O) groups is 1. The number of fused-ring (bicyclic) bond motifs is 1. The summed E-state index contributed by atoms with van der Waals surface area (Å²) in [6, 6.07) is 3.84. The van der Waals surface area contributed by atoms with Crippen molar-refractivity contribution in [3.05, 3.63) is 35.1 Å². The predicted octanol–water partition coefficient (Wildman–Crippen LogP) is 3.02. The number of furan rings is 1. The van der Waals surface area contributed by atoms with Crippen LogP contribution in [-0.2, 0) is 21.1 Å². The van der Waals surface area contributed by atoms with Crippen LogP contribution >= 0.6 is 0 Å². The Morgan fingerprint density at radius 2 is 2.08 bits per heavy atom. The van der Waals surface area contributed by atoms with Gasteiger partial charge in [-0.15, -0.1) is 0 Å². The number of hydrogen-bond donors (Lipinski definition) is 0. The molecule has 0 aliphatic carbocycles. The van der Waals surface area contributed by atoms with Crippen LogP contribution in [0.2, 0.25) is 0 Å². The lowest BCUT2D eigenvalue weighted by atomic mass is 10.0. The van der Waals surface area contributed by atoms with Crippen molar-refractivity contribution >= 4 is 26.7 Å². The van der Waals surface area contributed by atoms with E-state index in [4.69, 9.17) is 4.42 Å². The Hall–Kier alpha value is -1.82. The number of carbonyl (C=O) groups excluding carboxylic acids is 1. The fourth-order valence-electron chi connectivity index (χ4n) is 3.56. The van der Waals surface area contributed by atoms with Gasteiger partial charge in [0.05, 0.1) is 24.2 Å². The molecular weight excluding hydrogens is 338 g/mol. The summed E-state index contributed by atoms with van der Waals surface area (Å²) in [5.41, 5.74) is 3.94. The van der Waals surface area contributed by atoms with E-state index in [1.165, 1.54) is 0 Å². The minimum Gasteiger partial charge on any atom is -0.464 e. The van der Waals surface area contributed by atoms with Gasteiger partial charge in [0, 0.05) is 23.5 Å². The summed E-state index contributed by atoms with van der Waals surface area (Å²) in [6.45, 7) is 6.64. The van der Waals surface area contributed by atoms with Crippen LogP contribution < -0.4 is 0 Å². The summed E-state index contributed by atoms with van der Waals surface area (Å²) in [6.07, 6.45) is 3.25. The molecule has 0 saturated carbocycles. The summed E-state index contributed by atoms with van der Waals surface area (Å²) in [5, 5.41) is 0.965. The van der Waals surface area contributed by atoms with Crippen molar-refractivity contribution < 1.29 is 17.6 Å². The van der Waals surface area contributed by atoms with Crippen molar-refractivity contribution in [1.29, 1.82) is 0 Å². The van der Waals surface area contributed by atoms with Gasteiger partial charge >= 0.3 is 0 Å². The van der Waals surface area contributed by atoms with Gasteiger partial charge in [-0.2, -0.15) is 0 Å². The van der Waals surface area contributed by atoms with E-state index < -0.39 is 9.84 Å². The molecule has 2 aromatic rings. The zero-order valence-electron chi connectivity index (χ0n) is 15.0. The summed E-state index contributed by atoms with van der Waals surface area (Å²) in [5.74, 6) is 0.242. The number of hydrogen-bond acceptors (Lipinski definition) is 4. The molecule has 136 valence electrons. The second-order valence-electron chi connectivity index (χ2n) is 6.97. The molecule has 25 heavy (non-hydrogen) atoms. The normalized spacial score (nSPS) is 19.4. The Labute approximate surface area is 148 Å². The second kappa shape index (κ2) is 6.83. The number of nitrogens with zero attached hydrogens (tertiary/aromatic N) is 1. The smallest absolute Gasteiger partial charge is 0.227 e. The average molecular weight is 363 g/mol. The lowest BCUT2D eigenvalue weighted by Crippen LogP contribution is -2.42. The van der Waals surface area contributed by atoms with Crippen LogP contribution in [0.4, 0.5) is 0 Å². The van der Waals surface area contributed by atoms with E-state index >= 15 is 0 Å². The topological polar surface area (TPSA) is 67.6 Å². The van der Waals surface area contributed by atoms with Crippen molar-refractivity contribution in [1.82, 2.24) is 4.90 Å². The van der Waals surface area contributed by atoms with E-state index in [-0.39, 0.29) is 29.9 Å². The quantitative estimate of drug-likeness (QED) is 0.819. The van der Waals surface area contributed by atoms with Gasteiger partial charge in [-0.1, -0.05) is 19.1 Å². The van der Waals surface area contributed by atoms with Crippen molar-refractivity contribution in [2.75, 3.05) is 18.1 Å². The zero-order chi connectivity index (χ0) is 18.2. The zero-order valence-corrected chi connectivity index (χ0v) is 15.9. The molecule has 2 heterocycles. The SMILES string of the molecule is CCCN(C(=O)Cc1coc2c(C)c(C)ccc12)C1CCS(=O)(=O)C1. The van der Waals surface area contributed by atoms with Crippen LogP contribution in [0.5, 0.6) is 0 Å². The first-order valence-corrected chi connectivity index (χ1v) is 10.6. The van der Waals surface area contributed by atoms with Crippen molar-refractivity contribution in [2.24, 2.45) is 0 Å². The number of aryl methyl sites for hydroxylation is 2. The van der Waals surface area contributed by atoms with Crippen molar-refractivity contribution in [3.63, 3.8) is 0 Å². The molecule has 1 aliphatic heterocycles. The summed E-state index contributed by atoms with van der Waals surface area (Å²) < 4.78 is 29.3. The highest BCUT2D eigenvalue weighted by molar-refractivity contribution is 7.91. The van der Waals surface area contributed by atoms with Gasteiger partial charge in [-0.25, -0.2) is 8.42 Å². The minimum atomic E-state index is -3.01. The van der Waals surface area contributed by atoms with Crippen molar-refractivity contribution in [3.8, 4) is 0 Å². The fraction of sp³-hybridized carbons (Fsp3) is 0.526. The highest BCUT2D eigenvalue weighted by Crippen LogP contribution is 2.28. The van der Waals surface area contributed by atoms with E-state index in [9.17, 15) is 13.2 Å². The average Bonchev–Trinajstić information content (AvgIpc) is 3.12. The molecule has 0 radical (unpaired) electrons. The van der Waals surface area contributed by atoms with Gasteiger partial charge in [0.2, 0.25) is 5.91 Å². The third-order valence-electron chi connectivity index (χ3n) is 5.12. The molecule has 0 bridgehead atoms. The highest BCUT2D eigenvalue weighted by atomic mass is 32.2. The molecule has 1 aromatic heterocycles. The molecule has 1 amide bonds. The van der Waals surface area contributed by atoms with Crippen LogP contribution in [-0.4, -0.2) is 43.3 Å². The molecule has 5 nitrogen and oxygen atoms in total. The maximum absolute atomic E-state index is 12.9. The largest absolute Gasteiger partial charge is 0.464 e. The monoisotopic (exact) mass is 363 g/mol. The van der Waals surface area contributed by atoms with Crippen LogP contribution in [0.3, 0.4) is 0 Å². The Morgan fingerprint density at radius 1 is 1.32 bits per heavy atom. The van der Waals surface area contributed by atoms with Gasteiger partial charge in [0.1, 0.15) is 5.58 Å². The van der Waals surface area contributed by atoms with Gasteiger partial charge < -0.3 is 9.32 Å². The highest BCUT2D eigenvalue weighted by Gasteiger charge is 2.34. The molecule has 3 rings (SSSR count). The molecule has 1 aliphatic rings. The lowest BCUT2D eigenvalue weighted by molar-refractivity contribution is -0.132. The first-order chi connectivity index (χ1) is 11.8. The fourth-order valence-corrected chi connectivity index (χ4v) is 5.29. The lowest BCUT2D eigenvalue weighted by Gasteiger charge is -2.28. The number of sulfone groups is 1. The third-order valence-corrected chi connectivity index (χ3v) is 6.87. The summed E-state index contributed by atoms with van der Waals surface area (Å²) in [7, 11) is -3.01. The van der Waals surface area contributed by atoms with Gasteiger partial charge in [0.15, 0.2) is 9.84 Å². The third kappa shape index (κ3) is 3.59. The molecule has 1 unspecified atom stereocenters. The predicted molar refractivity (Wildman–Crippen MR) is 98.5 cm³/mol. The minimum absolute atomic E-state index is 0.0233. The second-order valence-corrected chi connectivity index (χ2v) is 9.19. The molecule has 0 N–H and O–H groups in total. The number of benzene rings is 1. The maximum atomic E-state index is 12.9. The molecule has 1 atom stereocenters. The van der Waals surface area contributed by atoms with Gasteiger partial charge in [-0.05, 0) is 37.8 Å². The Kier molecular flexibility index (Phi) is 4.91. The van der Waals surface area contributed by atoms with Crippen LogP contribution in [0.15, 0.2) is 22.8 Å². The van der Waals surface area contributed by atoms with E-state index in [0.717, 1.165) is 34.1 Å². The van der Waals surface area contributed by atoms with Crippen molar-refractivity contribution in [2.45, 2.75) is 46.1 Å². The molecule has 6 heteroatoms. The molecular formula is C19H25NO4S. The van der Waals surface area contributed by atoms with Crippen LogP contribution in [0.1, 0.15) is 36.5 Å². The first kappa shape index (κ1) is 18.0. The number of amides is 1. The maximum Gasteiger partial charge on any atom is 0.227 e. The summed E-state index contributed by atoms with van der Waals surface area (Å²) in [4.78, 5) is 14.6. The van der Waals surface area contributed by atoms with E-state index in [1.807, 2.05) is 32.9 Å². The van der Waals surface area contributed by atoms with E-state index in [0.29, 0.717) is 13.0 Å². The first-order valence-electron chi connectivity index (χ1n) is 8.78. The van der Waals surface area contributed by atoms with E-state index in [2.05, 4.69) is 0 Å².